The lowest BCUT2D eigenvalue weighted by atomic mass is 10.3. The number of amides is 1. The van der Waals surface area contributed by atoms with Crippen molar-refractivity contribution in [2.24, 2.45) is 0 Å². The van der Waals surface area contributed by atoms with Gasteiger partial charge in [-0.15, -0.1) is 11.3 Å². The highest BCUT2D eigenvalue weighted by molar-refractivity contribution is 7.13. The Morgan fingerprint density at radius 1 is 1.38 bits per heavy atom. The molecule has 0 saturated carbocycles. The van der Waals surface area contributed by atoms with Crippen LogP contribution in [0.25, 0.3) is 10.7 Å². The van der Waals surface area contributed by atoms with Gasteiger partial charge in [0.25, 0.3) is 0 Å². The van der Waals surface area contributed by atoms with Crippen LogP contribution >= 0.6 is 11.3 Å². The minimum Gasteiger partial charge on any atom is -0.459 e. The van der Waals surface area contributed by atoms with E-state index in [2.05, 4.69) is 20.0 Å². The van der Waals surface area contributed by atoms with Crippen LogP contribution in [0.2, 0.25) is 0 Å². The Labute approximate surface area is 126 Å². The fourth-order valence-electron chi connectivity index (χ4n) is 1.60. The summed E-state index contributed by atoms with van der Waals surface area (Å²) in [5.41, 5.74) is 1.68. The van der Waals surface area contributed by atoms with E-state index in [-0.39, 0.29) is 6.61 Å². The molecular formula is C14H15N3O3S. The number of esters is 1. The molecule has 0 radical (unpaired) electrons. The summed E-state index contributed by atoms with van der Waals surface area (Å²) >= 11 is 1.50. The van der Waals surface area contributed by atoms with E-state index >= 15 is 0 Å². The normalized spacial score (nSPS) is 10.1. The van der Waals surface area contributed by atoms with Gasteiger partial charge in [0.1, 0.15) is 5.01 Å². The maximum absolute atomic E-state index is 11.3. The largest absolute Gasteiger partial charge is 0.459 e. The van der Waals surface area contributed by atoms with Crippen molar-refractivity contribution in [1.29, 1.82) is 0 Å². The quantitative estimate of drug-likeness (QED) is 0.667. The van der Waals surface area contributed by atoms with Crippen LogP contribution in [0.4, 0.5) is 0 Å². The molecule has 2 aromatic rings. The van der Waals surface area contributed by atoms with Crippen LogP contribution < -0.4 is 5.32 Å². The highest BCUT2D eigenvalue weighted by Crippen LogP contribution is 2.21. The Morgan fingerprint density at radius 2 is 2.24 bits per heavy atom. The van der Waals surface area contributed by atoms with Crippen LogP contribution in [0.1, 0.15) is 12.6 Å². The second-order valence-corrected chi connectivity index (χ2v) is 4.94. The van der Waals surface area contributed by atoms with Crippen LogP contribution in [0.15, 0.2) is 29.8 Å². The molecule has 1 N–H and O–H groups in total. The summed E-state index contributed by atoms with van der Waals surface area (Å²) in [7, 11) is 0. The molecule has 110 valence electrons. The number of aromatic nitrogens is 2. The summed E-state index contributed by atoms with van der Waals surface area (Å²) in [6.07, 6.45) is 2.27. The van der Waals surface area contributed by atoms with E-state index in [4.69, 9.17) is 0 Å². The van der Waals surface area contributed by atoms with Gasteiger partial charge in [-0.3, -0.25) is 9.78 Å². The van der Waals surface area contributed by atoms with E-state index in [9.17, 15) is 9.59 Å². The van der Waals surface area contributed by atoms with Crippen LogP contribution in [0, 0.1) is 0 Å². The maximum Gasteiger partial charge on any atom is 0.396 e. The molecule has 6 nitrogen and oxygen atoms in total. The molecule has 7 heteroatoms. The Hall–Kier alpha value is -2.28. The van der Waals surface area contributed by atoms with E-state index < -0.39 is 11.9 Å². The molecule has 21 heavy (non-hydrogen) atoms. The Bertz CT molecular complexity index is 613. The van der Waals surface area contributed by atoms with Gasteiger partial charge in [-0.1, -0.05) is 6.07 Å². The monoisotopic (exact) mass is 305 g/mol. The lowest BCUT2D eigenvalue weighted by Gasteiger charge is -2.03. The molecule has 0 aliphatic carbocycles. The number of rotatable bonds is 5. The topological polar surface area (TPSA) is 81.2 Å². The fourth-order valence-corrected chi connectivity index (χ4v) is 2.43. The van der Waals surface area contributed by atoms with Crippen LogP contribution in [0.3, 0.4) is 0 Å². The van der Waals surface area contributed by atoms with Gasteiger partial charge >= 0.3 is 11.9 Å². The van der Waals surface area contributed by atoms with Gasteiger partial charge in [-0.05, 0) is 19.1 Å². The summed E-state index contributed by atoms with van der Waals surface area (Å²) in [4.78, 5) is 31.1. The van der Waals surface area contributed by atoms with Gasteiger partial charge in [0.2, 0.25) is 0 Å². The molecule has 2 heterocycles. The minimum absolute atomic E-state index is 0.186. The van der Waals surface area contributed by atoms with Crippen LogP contribution in [-0.2, 0) is 20.7 Å². The van der Waals surface area contributed by atoms with Gasteiger partial charge in [0, 0.05) is 24.5 Å². The first kappa shape index (κ1) is 15.1. The van der Waals surface area contributed by atoms with E-state index in [1.54, 1.807) is 13.1 Å². The number of thiazole rings is 1. The number of hydrogen-bond acceptors (Lipinski definition) is 6. The Kier molecular flexibility index (Phi) is 5.39. The molecule has 0 aliphatic rings. The van der Waals surface area contributed by atoms with Gasteiger partial charge in [-0.25, -0.2) is 9.78 Å². The molecular weight excluding hydrogens is 290 g/mol. The number of nitrogens with zero attached hydrogens (tertiary/aromatic N) is 2. The number of hydrogen-bond donors (Lipinski definition) is 1. The first-order chi connectivity index (χ1) is 10.2. The second-order valence-electron chi connectivity index (χ2n) is 4.09. The molecule has 0 atom stereocenters. The lowest BCUT2D eigenvalue weighted by molar-refractivity contribution is -0.154. The molecule has 0 unspecified atom stereocenters. The zero-order chi connectivity index (χ0) is 15.1. The minimum atomic E-state index is -0.857. The maximum atomic E-state index is 11.3. The molecule has 2 rings (SSSR count). The average Bonchev–Trinajstić information content (AvgIpc) is 2.97. The fraction of sp³-hybridized carbons (Fsp3) is 0.286. The highest BCUT2D eigenvalue weighted by atomic mass is 32.1. The summed E-state index contributed by atoms with van der Waals surface area (Å²) in [6.45, 7) is 2.18. The van der Waals surface area contributed by atoms with Crippen LogP contribution in [0.5, 0.6) is 0 Å². The zero-order valence-corrected chi connectivity index (χ0v) is 12.4. The molecule has 0 bridgehead atoms. The standard InChI is InChI=1S/C14H15N3O3S/c1-2-20-14(19)12(18)16-8-6-10-9-21-13(17-10)11-5-3-4-7-15-11/h3-5,7,9H,2,6,8H2,1H3,(H,16,18). The SMILES string of the molecule is CCOC(=O)C(=O)NCCc1csc(-c2ccccn2)n1. The number of pyridine rings is 1. The third-order valence-corrected chi connectivity index (χ3v) is 3.48. The summed E-state index contributed by atoms with van der Waals surface area (Å²) in [6, 6.07) is 5.65. The van der Waals surface area contributed by atoms with Crippen molar-refractivity contribution < 1.29 is 14.3 Å². The molecule has 1 amide bonds. The van der Waals surface area contributed by atoms with E-state index in [0.29, 0.717) is 13.0 Å². The smallest absolute Gasteiger partial charge is 0.396 e. The number of carbonyl (C=O) groups is 2. The number of ether oxygens (including phenoxy) is 1. The molecule has 0 aromatic carbocycles. The van der Waals surface area contributed by atoms with Crippen molar-refractivity contribution in [3.8, 4) is 10.7 Å². The summed E-state index contributed by atoms with van der Waals surface area (Å²) in [5.74, 6) is -1.58. The van der Waals surface area contributed by atoms with Crippen molar-refractivity contribution in [2.45, 2.75) is 13.3 Å². The molecule has 0 fully saturated rings. The van der Waals surface area contributed by atoms with E-state index in [1.165, 1.54) is 11.3 Å². The van der Waals surface area contributed by atoms with Gasteiger partial charge < -0.3 is 10.1 Å². The predicted octanol–water partition coefficient (Wildman–Crippen LogP) is 1.43. The van der Waals surface area contributed by atoms with Gasteiger partial charge in [0.05, 0.1) is 18.0 Å². The lowest BCUT2D eigenvalue weighted by Crippen LogP contribution is -2.33. The second kappa shape index (κ2) is 7.49. The third-order valence-electron chi connectivity index (χ3n) is 2.56. The van der Waals surface area contributed by atoms with Crippen molar-refractivity contribution in [1.82, 2.24) is 15.3 Å². The summed E-state index contributed by atoms with van der Waals surface area (Å²) in [5, 5.41) is 5.25. The first-order valence-corrected chi connectivity index (χ1v) is 7.39. The van der Waals surface area contributed by atoms with E-state index in [0.717, 1.165) is 16.4 Å². The van der Waals surface area contributed by atoms with Crippen LogP contribution in [-0.4, -0.2) is 35.0 Å². The first-order valence-electron chi connectivity index (χ1n) is 6.51. The Morgan fingerprint density at radius 3 is 2.95 bits per heavy atom. The molecule has 2 aromatic heterocycles. The number of carbonyl (C=O) groups excluding carboxylic acids is 2. The average molecular weight is 305 g/mol. The van der Waals surface area contributed by atoms with Gasteiger partial charge in [-0.2, -0.15) is 0 Å². The van der Waals surface area contributed by atoms with Crippen molar-refractivity contribution in [2.75, 3.05) is 13.2 Å². The predicted molar refractivity (Wildman–Crippen MR) is 78.7 cm³/mol. The van der Waals surface area contributed by atoms with Crippen molar-refractivity contribution in [3.05, 3.63) is 35.5 Å². The van der Waals surface area contributed by atoms with Crippen molar-refractivity contribution in [3.63, 3.8) is 0 Å². The highest BCUT2D eigenvalue weighted by Gasteiger charge is 2.13. The molecule has 0 aliphatic heterocycles. The van der Waals surface area contributed by atoms with E-state index in [1.807, 2.05) is 23.6 Å². The third kappa shape index (κ3) is 4.35. The summed E-state index contributed by atoms with van der Waals surface area (Å²) < 4.78 is 4.60. The number of nitrogens with one attached hydrogen (secondary N) is 1. The van der Waals surface area contributed by atoms with Gasteiger partial charge in [0.15, 0.2) is 0 Å². The molecule has 0 saturated heterocycles. The van der Waals surface area contributed by atoms with Crippen molar-refractivity contribution >= 4 is 23.2 Å². The zero-order valence-electron chi connectivity index (χ0n) is 11.5. The molecule has 0 spiro atoms. The Balaban J connectivity index is 1.84.